The van der Waals surface area contributed by atoms with Crippen LogP contribution in [0.25, 0.3) is 0 Å². The highest BCUT2D eigenvalue weighted by Crippen LogP contribution is 2.21. The van der Waals surface area contributed by atoms with Crippen molar-refractivity contribution in [2.75, 3.05) is 7.05 Å². The Balaban J connectivity index is 2.32. The van der Waals surface area contributed by atoms with Crippen LogP contribution in [0, 0.1) is 0 Å². The maximum atomic E-state index is 11.5. The van der Waals surface area contributed by atoms with E-state index in [1.54, 1.807) is 0 Å². The predicted molar refractivity (Wildman–Crippen MR) is 52.2 cm³/mol. The monoisotopic (exact) mass is 175 g/mol. The van der Waals surface area contributed by atoms with Gasteiger partial charge in [-0.1, -0.05) is 30.4 Å². The average Bonchev–Trinajstić information content (AvgIpc) is 2.29. The summed E-state index contributed by atoms with van der Waals surface area (Å²) < 4.78 is 0. The lowest BCUT2D eigenvalue weighted by Crippen LogP contribution is -2.35. The van der Waals surface area contributed by atoms with Crippen LogP contribution in [-0.4, -0.2) is 23.9 Å². The number of fused-ring (bicyclic) bond motifs is 1. The van der Waals surface area contributed by atoms with Crippen molar-refractivity contribution in [3.05, 3.63) is 36.0 Å². The van der Waals surface area contributed by atoms with Gasteiger partial charge < -0.3 is 4.90 Å². The summed E-state index contributed by atoms with van der Waals surface area (Å²) in [6.07, 6.45) is 11.8. The molecular weight excluding hydrogens is 162 g/mol. The summed E-state index contributed by atoms with van der Waals surface area (Å²) in [4.78, 5) is 13.3. The molecule has 0 aromatic heterocycles. The molecule has 1 aliphatic carbocycles. The van der Waals surface area contributed by atoms with Crippen molar-refractivity contribution in [3.63, 3.8) is 0 Å². The summed E-state index contributed by atoms with van der Waals surface area (Å²) in [5.74, 6) is 0.233. The van der Waals surface area contributed by atoms with Crippen LogP contribution in [0.4, 0.5) is 0 Å². The summed E-state index contributed by atoms with van der Waals surface area (Å²) in [5.41, 5.74) is 1.25. The fourth-order valence-corrected chi connectivity index (χ4v) is 1.78. The van der Waals surface area contributed by atoms with Crippen molar-refractivity contribution < 1.29 is 4.79 Å². The SMILES string of the molecule is CN1C(=O)CCC=C2C=CC=CC21. The number of carbonyl (C=O) groups excluding carboxylic acids is 1. The Kier molecular flexibility index (Phi) is 2.05. The molecule has 13 heavy (non-hydrogen) atoms. The first kappa shape index (κ1) is 8.30. The quantitative estimate of drug-likeness (QED) is 0.548. The second-order valence-electron chi connectivity index (χ2n) is 3.44. The normalized spacial score (nSPS) is 26.8. The minimum Gasteiger partial charge on any atom is -0.335 e. The molecule has 0 radical (unpaired) electrons. The largest absolute Gasteiger partial charge is 0.335 e. The molecule has 0 aromatic carbocycles. The summed E-state index contributed by atoms with van der Waals surface area (Å²) >= 11 is 0. The van der Waals surface area contributed by atoms with Gasteiger partial charge in [-0.05, 0) is 12.0 Å². The molecule has 0 bridgehead atoms. The van der Waals surface area contributed by atoms with E-state index in [1.165, 1.54) is 5.57 Å². The minimum absolute atomic E-state index is 0.167. The van der Waals surface area contributed by atoms with Crippen LogP contribution in [0.2, 0.25) is 0 Å². The van der Waals surface area contributed by atoms with Crippen LogP contribution in [-0.2, 0) is 4.79 Å². The zero-order chi connectivity index (χ0) is 9.26. The summed E-state index contributed by atoms with van der Waals surface area (Å²) in [6.45, 7) is 0. The van der Waals surface area contributed by atoms with E-state index in [-0.39, 0.29) is 11.9 Å². The molecule has 0 N–H and O–H groups in total. The topological polar surface area (TPSA) is 20.3 Å². The van der Waals surface area contributed by atoms with Crippen LogP contribution in [0.15, 0.2) is 36.0 Å². The van der Waals surface area contributed by atoms with Crippen LogP contribution < -0.4 is 0 Å². The Morgan fingerprint density at radius 2 is 2.31 bits per heavy atom. The molecule has 1 aliphatic heterocycles. The second kappa shape index (κ2) is 3.21. The first-order chi connectivity index (χ1) is 6.29. The van der Waals surface area contributed by atoms with Crippen LogP contribution >= 0.6 is 0 Å². The first-order valence-electron chi connectivity index (χ1n) is 4.59. The minimum atomic E-state index is 0.167. The van der Waals surface area contributed by atoms with Gasteiger partial charge in [0.25, 0.3) is 0 Å². The number of likely N-dealkylation sites (N-methyl/N-ethyl adjacent to an activating group) is 1. The van der Waals surface area contributed by atoms with Gasteiger partial charge in [-0.3, -0.25) is 4.79 Å². The lowest BCUT2D eigenvalue weighted by molar-refractivity contribution is -0.130. The number of hydrogen-bond donors (Lipinski definition) is 0. The molecular formula is C11H13NO. The Labute approximate surface area is 78.2 Å². The van der Waals surface area contributed by atoms with Crippen molar-refractivity contribution in [2.45, 2.75) is 18.9 Å². The standard InChI is InChI=1S/C11H13NO/c1-12-10-7-3-2-5-9(10)6-4-8-11(12)13/h2-3,5-7,10H,4,8H2,1H3. The maximum Gasteiger partial charge on any atom is 0.223 e. The molecule has 0 saturated heterocycles. The van der Waals surface area contributed by atoms with Crippen LogP contribution in [0.1, 0.15) is 12.8 Å². The fraction of sp³-hybridized carbons (Fsp3) is 0.364. The molecule has 1 atom stereocenters. The Hall–Kier alpha value is -1.31. The number of rotatable bonds is 0. The zero-order valence-electron chi connectivity index (χ0n) is 7.73. The van der Waals surface area contributed by atoms with E-state index in [2.05, 4.69) is 18.2 Å². The smallest absolute Gasteiger partial charge is 0.223 e. The molecule has 2 heteroatoms. The molecule has 0 aromatic rings. The predicted octanol–water partition coefficient (Wildman–Crippen LogP) is 1.66. The third-order valence-corrected chi connectivity index (χ3v) is 2.58. The molecule has 0 saturated carbocycles. The third kappa shape index (κ3) is 1.44. The van der Waals surface area contributed by atoms with Gasteiger partial charge in [0, 0.05) is 13.5 Å². The van der Waals surface area contributed by atoms with Gasteiger partial charge in [-0.15, -0.1) is 0 Å². The van der Waals surface area contributed by atoms with Crippen molar-refractivity contribution in [1.82, 2.24) is 4.90 Å². The number of allylic oxidation sites excluding steroid dienone is 3. The first-order valence-corrected chi connectivity index (χ1v) is 4.59. The average molecular weight is 175 g/mol. The van der Waals surface area contributed by atoms with Gasteiger partial charge in [-0.2, -0.15) is 0 Å². The van der Waals surface area contributed by atoms with Crippen molar-refractivity contribution >= 4 is 5.91 Å². The van der Waals surface area contributed by atoms with Gasteiger partial charge in [0.1, 0.15) is 0 Å². The summed E-state index contributed by atoms with van der Waals surface area (Å²) in [6, 6.07) is 0.167. The molecule has 2 rings (SSSR count). The van der Waals surface area contributed by atoms with Gasteiger partial charge in [0.05, 0.1) is 6.04 Å². The number of nitrogens with zero attached hydrogens (tertiary/aromatic N) is 1. The van der Waals surface area contributed by atoms with Crippen LogP contribution in [0.3, 0.4) is 0 Å². The van der Waals surface area contributed by atoms with E-state index in [1.807, 2.05) is 24.1 Å². The molecule has 0 fully saturated rings. The van der Waals surface area contributed by atoms with Crippen molar-refractivity contribution in [2.24, 2.45) is 0 Å². The molecule has 1 amide bonds. The van der Waals surface area contributed by atoms with Crippen LogP contribution in [0.5, 0.6) is 0 Å². The molecule has 2 aliphatic rings. The third-order valence-electron chi connectivity index (χ3n) is 2.58. The van der Waals surface area contributed by atoms with E-state index >= 15 is 0 Å². The Morgan fingerprint density at radius 1 is 1.46 bits per heavy atom. The highest BCUT2D eigenvalue weighted by atomic mass is 16.2. The number of carbonyl (C=O) groups is 1. The van der Waals surface area contributed by atoms with Crippen molar-refractivity contribution in [1.29, 1.82) is 0 Å². The summed E-state index contributed by atoms with van der Waals surface area (Å²) in [7, 11) is 1.87. The lowest BCUT2D eigenvalue weighted by Gasteiger charge is -2.26. The van der Waals surface area contributed by atoms with Gasteiger partial charge in [-0.25, -0.2) is 0 Å². The van der Waals surface area contributed by atoms with E-state index in [4.69, 9.17) is 0 Å². The van der Waals surface area contributed by atoms with E-state index in [0.29, 0.717) is 6.42 Å². The van der Waals surface area contributed by atoms with E-state index < -0.39 is 0 Å². The highest BCUT2D eigenvalue weighted by molar-refractivity contribution is 5.78. The Morgan fingerprint density at radius 3 is 3.15 bits per heavy atom. The fourth-order valence-electron chi connectivity index (χ4n) is 1.78. The number of hydrogen-bond acceptors (Lipinski definition) is 1. The summed E-state index contributed by atoms with van der Waals surface area (Å²) in [5, 5.41) is 0. The highest BCUT2D eigenvalue weighted by Gasteiger charge is 2.22. The van der Waals surface area contributed by atoms with E-state index in [0.717, 1.165) is 6.42 Å². The Bertz CT molecular complexity index is 312. The lowest BCUT2D eigenvalue weighted by atomic mass is 10.0. The molecule has 1 unspecified atom stereocenters. The molecule has 1 heterocycles. The van der Waals surface area contributed by atoms with Crippen molar-refractivity contribution in [3.8, 4) is 0 Å². The molecule has 0 spiro atoms. The molecule has 2 nitrogen and oxygen atoms in total. The van der Waals surface area contributed by atoms with Gasteiger partial charge in [0.15, 0.2) is 0 Å². The molecule has 68 valence electrons. The number of amides is 1. The maximum absolute atomic E-state index is 11.5. The van der Waals surface area contributed by atoms with Gasteiger partial charge >= 0.3 is 0 Å². The zero-order valence-corrected chi connectivity index (χ0v) is 7.73. The van der Waals surface area contributed by atoms with Gasteiger partial charge in [0.2, 0.25) is 5.91 Å². The van der Waals surface area contributed by atoms with E-state index in [9.17, 15) is 4.79 Å². The second-order valence-corrected chi connectivity index (χ2v) is 3.44.